The Hall–Kier alpha value is -0.930. The number of rotatable bonds is 8. The van der Waals surface area contributed by atoms with Gasteiger partial charge in [0.25, 0.3) is 0 Å². The van der Waals surface area contributed by atoms with Crippen LogP contribution in [0.2, 0.25) is 5.02 Å². The topological polar surface area (TPSA) is 30.5 Å². The monoisotopic (exact) mass is 311 g/mol. The Morgan fingerprint density at radius 1 is 1.14 bits per heavy atom. The van der Waals surface area contributed by atoms with Gasteiger partial charge in [-0.15, -0.1) is 0 Å². The van der Waals surface area contributed by atoms with Gasteiger partial charge < -0.3 is 14.8 Å². The fourth-order valence-corrected chi connectivity index (χ4v) is 2.91. The summed E-state index contributed by atoms with van der Waals surface area (Å²) in [5, 5.41) is 4.34. The minimum absolute atomic E-state index is 0.625. The molecule has 1 aromatic rings. The number of benzene rings is 1. The molecule has 21 heavy (non-hydrogen) atoms. The first-order valence-corrected chi connectivity index (χ1v) is 8.43. The quantitative estimate of drug-likeness (QED) is 0.763. The Kier molecular flexibility index (Phi) is 6.65. The normalized spacial score (nSPS) is 15.4. The lowest BCUT2D eigenvalue weighted by Gasteiger charge is -2.16. The number of halogens is 1. The average Bonchev–Trinajstić information content (AvgIpc) is 2.99. The SMILES string of the molecule is CCCOc1cc(Cl)c(CNC2CCCC2)cc1OCC. The number of nitrogens with one attached hydrogen (secondary N) is 1. The Bertz CT molecular complexity index is 445. The van der Waals surface area contributed by atoms with Crippen molar-refractivity contribution in [3.8, 4) is 11.5 Å². The summed E-state index contributed by atoms with van der Waals surface area (Å²) >= 11 is 6.39. The molecule has 0 radical (unpaired) electrons. The fourth-order valence-electron chi connectivity index (χ4n) is 2.69. The zero-order valence-corrected chi connectivity index (χ0v) is 13.8. The molecule has 1 aromatic carbocycles. The highest BCUT2D eigenvalue weighted by Gasteiger charge is 2.16. The second-order valence-corrected chi connectivity index (χ2v) is 5.94. The van der Waals surface area contributed by atoms with E-state index in [0.717, 1.165) is 35.1 Å². The largest absolute Gasteiger partial charge is 0.490 e. The molecule has 1 saturated carbocycles. The van der Waals surface area contributed by atoms with Crippen molar-refractivity contribution < 1.29 is 9.47 Å². The smallest absolute Gasteiger partial charge is 0.162 e. The third kappa shape index (κ3) is 4.79. The highest BCUT2D eigenvalue weighted by molar-refractivity contribution is 6.31. The molecule has 1 aliphatic rings. The van der Waals surface area contributed by atoms with E-state index in [2.05, 4.69) is 12.2 Å². The molecule has 0 unspecified atom stereocenters. The predicted octanol–water partition coefficient (Wildman–Crippen LogP) is 4.56. The van der Waals surface area contributed by atoms with E-state index in [-0.39, 0.29) is 0 Å². The molecule has 0 bridgehead atoms. The lowest BCUT2D eigenvalue weighted by atomic mass is 10.1. The lowest BCUT2D eigenvalue weighted by Crippen LogP contribution is -2.25. The minimum atomic E-state index is 0.625. The molecule has 0 aromatic heterocycles. The second-order valence-electron chi connectivity index (χ2n) is 5.53. The lowest BCUT2D eigenvalue weighted by molar-refractivity contribution is 0.276. The molecule has 3 nitrogen and oxygen atoms in total. The van der Waals surface area contributed by atoms with Crippen LogP contribution < -0.4 is 14.8 Å². The molecule has 2 rings (SSSR count). The Balaban J connectivity index is 2.06. The zero-order chi connectivity index (χ0) is 15.1. The van der Waals surface area contributed by atoms with Crippen molar-refractivity contribution in [2.24, 2.45) is 0 Å². The van der Waals surface area contributed by atoms with E-state index in [1.807, 2.05) is 19.1 Å². The van der Waals surface area contributed by atoms with Crippen LogP contribution >= 0.6 is 11.6 Å². The van der Waals surface area contributed by atoms with E-state index in [0.29, 0.717) is 19.3 Å². The van der Waals surface area contributed by atoms with Crippen molar-refractivity contribution in [2.75, 3.05) is 13.2 Å². The number of hydrogen-bond donors (Lipinski definition) is 1. The zero-order valence-electron chi connectivity index (χ0n) is 13.1. The highest BCUT2D eigenvalue weighted by atomic mass is 35.5. The molecular formula is C17H26ClNO2. The van der Waals surface area contributed by atoms with Crippen molar-refractivity contribution in [3.05, 3.63) is 22.7 Å². The molecule has 0 spiro atoms. The standard InChI is InChI=1S/C17H26ClNO2/c1-3-9-21-17-11-15(18)13(10-16(17)20-4-2)12-19-14-7-5-6-8-14/h10-11,14,19H,3-9,12H2,1-2H3. The fraction of sp³-hybridized carbons (Fsp3) is 0.647. The van der Waals surface area contributed by atoms with Crippen LogP contribution in [0.3, 0.4) is 0 Å². The van der Waals surface area contributed by atoms with Gasteiger partial charge in [-0.25, -0.2) is 0 Å². The molecule has 0 saturated heterocycles. The molecule has 0 atom stereocenters. The van der Waals surface area contributed by atoms with Crippen molar-refractivity contribution in [1.82, 2.24) is 5.32 Å². The molecule has 0 heterocycles. The van der Waals surface area contributed by atoms with Crippen molar-refractivity contribution in [3.63, 3.8) is 0 Å². The van der Waals surface area contributed by atoms with Gasteiger partial charge >= 0.3 is 0 Å². The molecule has 118 valence electrons. The van der Waals surface area contributed by atoms with Gasteiger partial charge in [-0.1, -0.05) is 31.4 Å². The maximum Gasteiger partial charge on any atom is 0.162 e. The summed E-state index contributed by atoms with van der Waals surface area (Å²) in [6.07, 6.45) is 6.17. The average molecular weight is 312 g/mol. The first-order valence-electron chi connectivity index (χ1n) is 8.06. The van der Waals surface area contributed by atoms with E-state index in [9.17, 15) is 0 Å². The molecule has 0 aliphatic heterocycles. The van der Waals surface area contributed by atoms with Gasteiger partial charge in [-0.3, -0.25) is 0 Å². The summed E-state index contributed by atoms with van der Waals surface area (Å²) in [6.45, 7) is 6.16. The van der Waals surface area contributed by atoms with Crippen LogP contribution in [0.25, 0.3) is 0 Å². The predicted molar refractivity (Wildman–Crippen MR) is 87.5 cm³/mol. The molecule has 4 heteroatoms. The van der Waals surface area contributed by atoms with E-state index in [1.54, 1.807) is 0 Å². The van der Waals surface area contributed by atoms with Crippen LogP contribution in [0.4, 0.5) is 0 Å². The van der Waals surface area contributed by atoms with Crippen LogP contribution in [-0.2, 0) is 6.54 Å². The van der Waals surface area contributed by atoms with Gasteiger partial charge in [0, 0.05) is 23.7 Å². The first kappa shape index (κ1) is 16.4. The van der Waals surface area contributed by atoms with Crippen LogP contribution in [-0.4, -0.2) is 19.3 Å². The van der Waals surface area contributed by atoms with Crippen molar-refractivity contribution in [1.29, 1.82) is 0 Å². The molecule has 0 amide bonds. The summed E-state index contributed by atoms with van der Waals surface area (Å²) in [6, 6.07) is 4.53. The maximum atomic E-state index is 6.39. The number of ether oxygens (including phenoxy) is 2. The van der Waals surface area contributed by atoms with Gasteiger partial charge in [0.05, 0.1) is 13.2 Å². The third-order valence-corrected chi connectivity index (χ3v) is 4.16. The summed E-state index contributed by atoms with van der Waals surface area (Å²) in [4.78, 5) is 0. The molecule has 1 fully saturated rings. The van der Waals surface area contributed by atoms with Crippen LogP contribution in [0.1, 0.15) is 51.5 Å². The van der Waals surface area contributed by atoms with E-state index in [4.69, 9.17) is 21.1 Å². The Morgan fingerprint density at radius 3 is 2.52 bits per heavy atom. The van der Waals surface area contributed by atoms with Gasteiger partial charge in [-0.05, 0) is 37.8 Å². The summed E-state index contributed by atoms with van der Waals surface area (Å²) < 4.78 is 11.4. The maximum absolute atomic E-state index is 6.39. The minimum Gasteiger partial charge on any atom is -0.490 e. The molecular weight excluding hydrogens is 286 g/mol. The van der Waals surface area contributed by atoms with Crippen molar-refractivity contribution >= 4 is 11.6 Å². The van der Waals surface area contributed by atoms with E-state index < -0.39 is 0 Å². The van der Waals surface area contributed by atoms with Crippen LogP contribution in [0, 0.1) is 0 Å². The van der Waals surface area contributed by atoms with E-state index >= 15 is 0 Å². The van der Waals surface area contributed by atoms with Crippen molar-refractivity contribution in [2.45, 2.75) is 58.5 Å². The molecule has 1 N–H and O–H groups in total. The third-order valence-electron chi connectivity index (χ3n) is 3.81. The number of hydrogen-bond acceptors (Lipinski definition) is 3. The van der Waals surface area contributed by atoms with Gasteiger partial charge in [0.15, 0.2) is 11.5 Å². The van der Waals surface area contributed by atoms with Crippen LogP contribution in [0.5, 0.6) is 11.5 Å². The van der Waals surface area contributed by atoms with Gasteiger partial charge in [0.1, 0.15) is 0 Å². The van der Waals surface area contributed by atoms with E-state index in [1.165, 1.54) is 25.7 Å². The summed E-state index contributed by atoms with van der Waals surface area (Å²) in [5.41, 5.74) is 1.08. The van der Waals surface area contributed by atoms with Gasteiger partial charge in [-0.2, -0.15) is 0 Å². The summed E-state index contributed by atoms with van der Waals surface area (Å²) in [5.74, 6) is 1.53. The summed E-state index contributed by atoms with van der Waals surface area (Å²) in [7, 11) is 0. The van der Waals surface area contributed by atoms with Crippen LogP contribution in [0.15, 0.2) is 12.1 Å². The first-order chi connectivity index (χ1) is 10.2. The Morgan fingerprint density at radius 2 is 1.86 bits per heavy atom. The molecule has 1 aliphatic carbocycles. The Labute approximate surface area is 133 Å². The van der Waals surface area contributed by atoms with Gasteiger partial charge in [0.2, 0.25) is 0 Å². The highest BCUT2D eigenvalue weighted by Crippen LogP contribution is 2.34. The second kappa shape index (κ2) is 8.50.